The Bertz CT molecular complexity index is 1080. The van der Waals surface area contributed by atoms with E-state index in [9.17, 15) is 13.2 Å². The van der Waals surface area contributed by atoms with Crippen molar-refractivity contribution in [1.82, 2.24) is 4.98 Å². The zero-order valence-electron chi connectivity index (χ0n) is 16.1. The van der Waals surface area contributed by atoms with Gasteiger partial charge in [0.25, 0.3) is 0 Å². The Labute approximate surface area is 172 Å². The molecule has 30 heavy (non-hydrogen) atoms. The third-order valence-electron chi connectivity index (χ3n) is 5.21. The van der Waals surface area contributed by atoms with Gasteiger partial charge in [-0.05, 0) is 47.4 Å². The Balaban J connectivity index is 1.42. The second-order valence-electron chi connectivity index (χ2n) is 7.19. The van der Waals surface area contributed by atoms with Crippen LogP contribution in [0.5, 0.6) is 0 Å². The van der Waals surface area contributed by atoms with Crippen LogP contribution in [0.1, 0.15) is 27.8 Å². The van der Waals surface area contributed by atoms with Gasteiger partial charge in [0.15, 0.2) is 0 Å². The van der Waals surface area contributed by atoms with Gasteiger partial charge in [-0.15, -0.1) is 0 Å². The molecule has 4 nitrogen and oxygen atoms in total. The third kappa shape index (κ3) is 4.23. The molecule has 1 N–H and O–H groups in total. The highest BCUT2D eigenvalue weighted by molar-refractivity contribution is 5.53. The van der Waals surface area contributed by atoms with Crippen molar-refractivity contribution in [3.8, 4) is 6.07 Å². The number of anilines is 2. The van der Waals surface area contributed by atoms with Crippen LogP contribution >= 0.6 is 0 Å². The third-order valence-corrected chi connectivity index (χ3v) is 5.21. The van der Waals surface area contributed by atoms with Crippen molar-refractivity contribution in [2.75, 3.05) is 16.8 Å². The average molecular weight is 408 g/mol. The maximum absolute atomic E-state index is 13.1. The smallest absolute Gasteiger partial charge is 0.381 e. The summed E-state index contributed by atoms with van der Waals surface area (Å²) in [5.41, 5.74) is 2.51. The fourth-order valence-electron chi connectivity index (χ4n) is 3.59. The Kier molecular flexibility index (Phi) is 5.32. The highest BCUT2D eigenvalue weighted by Crippen LogP contribution is 2.33. The van der Waals surface area contributed by atoms with Gasteiger partial charge in [0, 0.05) is 31.5 Å². The number of nitriles is 1. The van der Waals surface area contributed by atoms with E-state index in [1.54, 1.807) is 12.3 Å². The van der Waals surface area contributed by atoms with Gasteiger partial charge in [-0.1, -0.05) is 30.3 Å². The monoisotopic (exact) mass is 408 g/mol. The van der Waals surface area contributed by atoms with Gasteiger partial charge >= 0.3 is 6.18 Å². The van der Waals surface area contributed by atoms with E-state index in [0.29, 0.717) is 12.2 Å². The zero-order valence-corrected chi connectivity index (χ0v) is 16.1. The Morgan fingerprint density at radius 2 is 1.87 bits per heavy atom. The van der Waals surface area contributed by atoms with Crippen LogP contribution < -0.4 is 10.2 Å². The highest BCUT2D eigenvalue weighted by atomic mass is 19.4. The second-order valence-corrected chi connectivity index (χ2v) is 7.19. The van der Waals surface area contributed by atoms with Crippen molar-refractivity contribution < 1.29 is 13.2 Å². The summed E-state index contributed by atoms with van der Waals surface area (Å²) < 4.78 is 39.3. The van der Waals surface area contributed by atoms with Gasteiger partial charge < -0.3 is 10.2 Å². The first kappa shape index (κ1) is 19.8. The highest BCUT2D eigenvalue weighted by Gasteiger charge is 2.33. The van der Waals surface area contributed by atoms with Crippen LogP contribution in [0, 0.1) is 11.3 Å². The minimum Gasteiger partial charge on any atom is -0.381 e. The molecule has 2 heterocycles. The molecule has 2 aromatic carbocycles. The number of aromatic nitrogens is 1. The molecule has 0 amide bonds. The van der Waals surface area contributed by atoms with Gasteiger partial charge in [0.1, 0.15) is 5.82 Å². The molecule has 0 unspecified atom stereocenters. The van der Waals surface area contributed by atoms with Crippen molar-refractivity contribution in [3.63, 3.8) is 0 Å². The predicted molar refractivity (Wildman–Crippen MR) is 109 cm³/mol. The van der Waals surface area contributed by atoms with E-state index in [2.05, 4.69) is 33.4 Å². The summed E-state index contributed by atoms with van der Waals surface area (Å²) in [7, 11) is 0. The average Bonchev–Trinajstić information content (AvgIpc) is 2.77. The molecule has 1 aromatic heterocycles. The first-order chi connectivity index (χ1) is 14.4. The molecule has 1 aliphatic rings. The summed E-state index contributed by atoms with van der Waals surface area (Å²) in [6.45, 7) is 2.04. The minimum absolute atomic E-state index is 0.304. The molecule has 0 bridgehead atoms. The molecule has 0 radical (unpaired) electrons. The van der Waals surface area contributed by atoms with Gasteiger partial charge in [0.2, 0.25) is 0 Å². The SMILES string of the molecule is N#Cc1ccc(NCc2ccc(N3CCc4ccccc4C3)nc2)cc1C(F)(F)F. The second kappa shape index (κ2) is 8.07. The van der Waals surface area contributed by atoms with E-state index >= 15 is 0 Å². The number of hydrogen-bond acceptors (Lipinski definition) is 4. The van der Waals surface area contributed by atoms with Crippen molar-refractivity contribution >= 4 is 11.5 Å². The number of nitrogens with zero attached hydrogens (tertiary/aromatic N) is 3. The van der Waals surface area contributed by atoms with Crippen molar-refractivity contribution in [2.45, 2.75) is 25.7 Å². The number of rotatable bonds is 4. The molecule has 0 saturated carbocycles. The van der Waals surface area contributed by atoms with E-state index in [1.807, 2.05) is 18.2 Å². The van der Waals surface area contributed by atoms with Crippen LogP contribution in [0.3, 0.4) is 0 Å². The number of benzene rings is 2. The van der Waals surface area contributed by atoms with E-state index in [0.717, 1.165) is 37.0 Å². The summed E-state index contributed by atoms with van der Waals surface area (Å²) in [6.07, 6.45) is -1.86. The molecule has 7 heteroatoms. The molecule has 0 spiro atoms. The predicted octanol–water partition coefficient (Wildman–Crippen LogP) is 5.15. The Morgan fingerprint density at radius 3 is 2.57 bits per heavy atom. The summed E-state index contributed by atoms with van der Waals surface area (Å²) in [5.74, 6) is 0.881. The van der Waals surface area contributed by atoms with E-state index in [1.165, 1.54) is 23.3 Å². The molecule has 3 aromatic rings. The number of nitrogens with one attached hydrogen (secondary N) is 1. The quantitative estimate of drug-likeness (QED) is 0.649. The molecular weight excluding hydrogens is 389 g/mol. The van der Waals surface area contributed by atoms with E-state index < -0.39 is 11.7 Å². The largest absolute Gasteiger partial charge is 0.417 e. The number of pyridine rings is 1. The number of fused-ring (bicyclic) bond motifs is 1. The molecule has 0 fully saturated rings. The van der Waals surface area contributed by atoms with E-state index in [4.69, 9.17) is 5.26 Å². The minimum atomic E-state index is -4.57. The Hall–Kier alpha value is -3.53. The first-order valence-electron chi connectivity index (χ1n) is 9.56. The van der Waals surface area contributed by atoms with Gasteiger partial charge in [0.05, 0.1) is 17.2 Å². The lowest BCUT2D eigenvalue weighted by Gasteiger charge is -2.29. The molecule has 0 aliphatic carbocycles. The molecular formula is C23H19F3N4. The molecule has 1 aliphatic heterocycles. The maximum Gasteiger partial charge on any atom is 0.417 e. The molecule has 4 rings (SSSR count). The summed E-state index contributed by atoms with van der Waals surface area (Å²) in [6, 6.07) is 17.4. The van der Waals surface area contributed by atoms with Gasteiger partial charge in [-0.3, -0.25) is 0 Å². The zero-order chi connectivity index (χ0) is 21.1. The molecule has 152 valence electrons. The number of hydrogen-bond donors (Lipinski definition) is 1. The number of alkyl halides is 3. The summed E-state index contributed by atoms with van der Waals surface area (Å²) in [4.78, 5) is 6.75. The fraction of sp³-hybridized carbons (Fsp3) is 0.217. The van der Waals surface area contributed by atoms with Crippen molar-refractivity contribution in [1.29, 1.82) is 5.26 Å². The summed E-state index contributed by atoms with van der Waals surface area (Å²) >= 11 is 0. The summed E-state index contributed by atoms with van der Waals surface area (Å²) in [5, 5.41) is 11.9. The first-order valence-corrected chi connectivity index (χ1v) is 9.56. The van der Waals surface area contributed by atoms with Crippen molar-refractivity contribution in [2.24, 2.45) is 0 Å². The van der Waals surface area contributed by atoms with Crippen molar-refractivity contribution in [3.05, 3.63) is 88.6 Å². The number of halogens is 3. The lowest BCUT2D eigenvalue weighted by molar-refractivity contribution is -0.137. The standard InChI is InChI=1S/C23H19F3N4/c24-23(25,26)21-11-20(7-6-18(21)12-27)28-13-16-5-8-22(29-14-16)30-10-9-17-3-1-2-4-19(17)15-30/h1-8,11,14,28H,9-10,13,15H2. The normalized spacial score (nSPS) is 13.5. The lowest BCUT2D eigenvalue weighted by atomic mass is 10.00. The topological polar surface area (TPSA) is 52.0 Å². The maximum atomic E-state index is 13.1. The van der Waals surface area contributed by atoms with Crippen LogP contribution in [0.15, 0.2) is 60.8 Å². The lowest BCUT2D eigenvalue weighted by Crippen LogP contribution is -2.30. The molecule has 0 saturated heterocycles. The fourth-order valence-corrected chi connectivity index (χ4v) is 3.59. The Morgan fingerprint density at radius 1 is 1.07 bits per heavy atom. The van der Waals surface area contributed by atoms with Crippen LogP contribution in [0.2, 0.25) is 0 Å². The van der Waals surface area contributed by atoms with E-state index in [-0.39, 0.29) is 5.56 Å². The van der Waals surface area contributed by atoms with Gasteiger partial charge in [-0.2, -0.15) is 18.4 Å². The van der Waals surface area contributed by atoms with Crippen LogP contribution in [0.25, 0.3) is 0 Å². The van der Waals surface area contributed by atoms with Gasteiger partial charge in [-0.25, -0.2) is 4.98 Å². The van der Waals surface area contributed by atoms with Crippen LogP contribution in [-0.2, 0) is 25.7 Å². The van der Waals surface area contributed by atoms with Crippen LogP contribution in [-0.4, -0.2) is 11.5 Å². The van der Waals surface area contributed by atoms with Crippen LogP contribution in [0.4, 0.5) is 24.7 Å². The molecule has 0 atom stereocenters.